The predicted octanol–water partition coefficient (Wildman–Crippen LogP) is 4.09. The maximum absolute atomic E-state index is 12.3. The van der Waals surface area contributed by atoms with Gasteiger partial charge in [-0.1, -0.05) is 34.6 Å². The quantitative estimate of drug-likeness (QED) is 0.533. The molecule has 0 fully saturated rings. The normalized spacial score (nSPS) is 13.3. The number of nitrogens with zero attached hydrogens (tertiary/aromatic N) is 1. The first-order valence-corrected chi connectivity index (χ1v) is 10.5. The molecular formula is C22H38N4O2. The lowest BCUT2D eigenvalue weighted by molar-refractivity contribution is 0.0939. The van der Waals surface area contributed by atoms with Crippen LogP contribution in [0.1, 0.15) is 64.7 Å². The molecule has 1 rings (SSSR count). The van der Waals surface area contributed by atoms with Crippen molar-refractivity contribution in [1.82, 2.24) is 15.5 Å². The van der Waals surface area contributed by atoms with E-state index in [9.17, 15) is 9.59 Å². The number of amides is 3. The van der Waals surface area contributed by atoms with Crippen LogP contribution in [0.4, 0.5) is 10.5 Å². The third-order valence-corrected chi connectivity index (χ3v) is 4.97. The summed E-state index contributed by atoms with van der Waals surface area (Å²) in [6.07, 6.45) is 1.93. The van der Waals surface area contributed by atoms with Crippen molar-refractivity contribution in [2.24, 2.45) is 5.92 Å². The first-order chi connectivity index (χ1) is 13.3. The van der Waals surface area contributed by atoms with E-state index in [2.05, 4.69) is 48.5 Å². The minimum atomic E-state index is -0.224. The molecule has 0 aromatic heterocycles. The second kappa shape index (κ2) is 12.4. The number of nitrogens with one attached hydrogen (secondary N) is 3. The molecule has 0 heterocycles. The zero-order valence-corrected chi connectivity index (χ0v) is 18.3. The van der Waals surface area contributed by atoms with Gasteiger partial charge >= 0.3 is 6.03 Å². The van der Waals surface area contributed by atoms with E-state index in [4.69, 9.17) is 0 Å². The van der Waals surface area contributed by atoms with Crippen LogP contribution >= 0.6 is 0 Å². The van der Waals surface area contributed by atoms with Gasteiger partial charge in [0.1, 0.15) is 0 Å². The van der Waals surface area contributed by atoms with Gasteiger partial charge in [0.05, 0.1) is 0 Å². The third kappa shape index (κ3) is 8.30. The van der Waals surface area contributed by atoms with Gasteiger partial charge < -0.3 is 16.0 Å². The maximum Gasteiger partial charge on any atom is 0.319 e. The highest BCUT2D eigenvalue weighted by Gasteiger charge is 2.18. The molecule has 0 aliphatic heterocycles. The van der Waals surface area contributed by atoms with Gasteiger partial charge in [-0.15, -0.1) is 0 Å². The molecule has 1 aromatic rings. The van der Waals surface area contributed by atoms with Gasteiger partial charge in [0.15, 0.2) is 0 Å². The van der Waals surface area contributed by atoms with Crippen LogP contribution in [0.5, 0.6) is 0 Å². The molecule has 2 atom stereocenters. The SMILES string of the molecule is CCC(C)NC(=O)c1ccc(NC(=O)NCC(CC(C)C)N(CC)CC)cc1. The average Bonchev–Trinajstić information content (AvgIpc) is 2.66. The lowest BCUT2D eigenvalue weighted by Gasteiger charge is -2.31. The van der Waals surface area contributed by atoms with Gasteiger partial charge in [0.2, 0.25) is 0 Å². The summed E-state index contributed by atoms with van der Waals surface area (Å²) in [6, 6.07) is 7.20. The number of benzene rings is 1. The van der Waals surface area contributed by atoms with Crippen LogP contribution in [0.15, 0.2) is 24.3 Å². The van der Waals surface area contributed by atoms with E-state index in [0.29, 0.717) is 29.8 Å². The second-order valence-electron chi connectivity index (χ2n) is 7.70. The van der Waals surface area contributed by atoms with Crippen LogP contribution in [0.3, 0.4) is 0 Å². The fourth-order valence-electron chi connectivity index (χ4n) is 3.15. The highest BCUT2D eigenvalue weighted by atomic mass is 16.2. The summed E-state index contributed by atoms with van der Waals surface area (Å²) in [5.41, 5.74) is 1.26. The molecule has 0 aliphatic carbocycles. The van der Waals surface area contributed by atoms with Gasteiger partial charge in [-0.2, -0.15) is 0 Å². The van der Waals surface area contributed by atoms with Gasteiger partial charge in [-0.05, 0) is 63.0 Å². The Morgan fingerprint density at radius 2 is 1.61 bits per heavy atom. The number of carbonyl (C=O) groups excluding carboxylic acids is 2. The van der Waals surface area contributed by atoms with Crippen molar-refractivity contribution in [3.05, 3.63) is 29.8 Å². The summed E-state index contributed by atoms with van der Waals surface area (Å²) >= 11 is 0. The Hall–Kier alpha value is -2.08. The monoisotopic (exact) mass is 390 g/mol. The molecule has 2 unspecified atom stereocenters. The highest BCUT2D eigenvalue weighted by molar-refractivity contribution is 5.95. The summed E-state index contributed by atoms with van der Waals surface area (Å²) in [7, 11) is 0. The molecule has 158 valence electrons. The van der Waals surface area contributed by atoms with E-state index < -0.39 is 0 Å². The molecule has 0 bridgehead atoms. The van der Waals surface area contributed by atoms with Crippen molar-refractivity contribution < 1.29 is 9.59 Å². The smallest absolute Gasteiger partial charge is 0.319 e. The maximum atomic E-state index is 12.3. The highest BCUT2D eigenvalue weighted by Crippen LogP contribution is 2.12. The molecule has 0 radical (unpaired) electrons. The molecule has 0 spiro atoms. The van der Waals surface area contributed by atoms with E-state index >= 15 is 0 Å². The molecule has 6 heteroatoms. The fraction of sp³-hybridized carbons (Fsp3) is 0.636. The molecule has 0 aliphatic rings. The number of urea groups is 1. The molecule has 6 nitrogen and oxygen atoms in total. The number of hydrogen-bond donors (Lipinski definition) is 3. The molecule has 3 N–H and O–H groups in total. The van der Waals surface area contributed by atoms with Crippen LogP contribution < -0.4 is 16.0 Å². The van der Waals surface area contributed by atoms with E-state index in [-0.39, 0.29) is 18.0 Å². The Morgan fingerprint density at radius 1 is 1.00 bits per heavy atom. The molecule has 0 saturated carbocycles. The van der Waals surface area contributed by atoms with Crippen molar-refractivity contribution in [1.29, 1.82) is 0 Å². The molecule has 28 heavy (non-hydrogen) atoms. The first kappa shape index (κ1) is 24.0. The Bertz CT molecular complexity index is 597. The minimum Gasteiger partial charge on any atom is -0.350 e. The number of carbonyl (C=O) groups is 2. The Kier molecular flexibility index (Phi) is 10.6. The number of likely N-dealkylation sites (N-methyl/N-ethyl adjacent to an activating group) is 1. The molecule has 0 saturated heterocycles. The number of hydrogen-bond acceptors (Lipinski definition) is 3. The lowest BCUT2D eigenvalue weighted by atomic mass is 10.0. The molecule has 3 amide bonds. The van der Waals surface area contributed by atoms with Crippen LogP contribution in [0.25, 0.3) is 0 Å². The Balaban J connectivity index is 2.58. The third-order valence-electron chi connectivity index (χ3n) is 4.97. The number of anilines is 1. The van der Waals surface area contributed by atoms with E-state index in [1.807, 2.05) is 13.8 Å². The van der Waals surface area contributed by atoms with E-state index in [1.165, 1.54) is 0 Å². The fourth-order valence-corrected chi connectivity index (χ4v) is 3.15. The van der Waals surface area contributed by atoms with Crippen molar-refractivity contribution in [3.63, 3.8) is 0 Å². The van der Waals surface area contributed by atoms with Crippen LogP contribution in [-0.2, 0) is 0 Å². The van der Waals surface area contributed by atoms with Gasteiger partial charge in [-0.3, -0.25) is 9.69 Å². The summed E-state index contributed by atoms with van der Waals surface area (Å²) < 4.78 is 0. The Labute approximate surface area is 170 Å². The van der Waals surface area contributed by atoms with E-state index in [0.717, 1.165) is 25.9 Å². The summed E-state index contributed by atoms with van der Waals surface area (Å²) in [5, 5.41) is 8.76. The van der Waals surface area contributed by atoms with Crippen molar-refractivity contribution in [2.45, 2.75) is 66.5 Å². The van der Waals surface area contributed by atoms with Crippen molar-refractivity contribution in [3.8, 4) is 0 Å². The topological polar surface area (TPSA) is 73.5 Å². The minimum absolute atomic E-state index is 0.0962. The van der Waals surface area contributed by atoms with Crippen LogP contribution in [-0.4, -0.2) is 48.6 Å². The summed E-state index contributed by atoms with van der Waals surface area (Å²) in [4.78, 5) is 26.8. The summed E-state index contributed by atoms with van der Waals surface area (Å²) in [5.74, 6) is 0.477. The standard InChI is InChI=1S/C22H38N4O2/c1-7-17(6)24-21(27)18-10-12-19(13-11-18)25-22(28)23-15-20(14-16(4)5)26(8-2)9-3/h10-13,16-17,20H,7-9,14-15H2,1-6H3,(H,24,27)(H2,23,25,28). The zero-order chi connectivity index (χ0) is 21.1. The van der Waals surface area contributed by atoms with Crippen molar-refractivity contribution in [2.75, 3.05) is 25.0 Å². The van der Waals surface area contributed by atoms with Gasteiger partial charge in [-0.25, -0.2) is 4.79 Å². The largest absolute Gasteiger partial charge is 0.350 e. The first-order valence-electron chi connectivity index (χ1n) is 10.5. The second-order valence-corrected chi connectivity index (χ2v) is 7.70. The average molecular weight is 391 g/mol. The molecule has 1 aromatic carbocycles. The van der Waals surface area contributed by atoms with Gasteiger partial charge in [0, 0.05) is 29.9 Å². The molecular weight excluding hydrogens is 352 g/mol. The summed E-state index contributed by atoms with van der Waals surface area (Å²) in [6.45, 7) is 15.3. The van der Waals surface area contributed by atoms with Gasteiger partial charge in [0.25, 0.3) is 5.91 Å². The van der Waals surface area contributed by atoms with Crippen molar-refractivity contribution >= 4 is 17.6 Å². The van der Waals surface area contributed by atoms with E-state index in [1.54, 1.807) is 24.3 Å². The number of rotatable bonds is 11. The van der Waals surface area contributed by atoms with Crippen LogP contribution in [0.2, 0.25) is 0 Å². The zero-order valence-electron chi connectivity index (χ0n) is 18.3. The Morgan fingerprint density at radius 3 is 2.11 bits per heavy atom. The lowest BCUT2D eigenvalue weighted by Crippen LogP contribution is -2.45. The predicted molar refractivity (Wildman–Crippen MR) is 117 cm³/mol. The van der Waals surface area contributed by atoms with Crippen LogP contribution in [0, 0.1) is 5.92 Å².